The molecular weight excluding hydrogens is 382 g/mol. The number of nitrogens with one attached hydrogen (secondary N) is 2. The summed E-state index contributed by atoms with van der Waals surface area (Å²) in [6.07, 6.45) is 5.22. The van der Waals surface area contributed by atoms with Crippen molar-refractivity contribution in [2.75, 3.05) is 19.6 Å². The van der Waals surface area contributed by atoms with Gasteiger partial charge in [0.2, 0.25) is 11.8 Å². The number of furan rings is 1. The molecule has 3 aliphatic heterocycles. The predicted molar refractivity (Wildman–Crippen MR) is 110 cm³/mol. The lowest BCUT2D eigenvalue weighted by Gasteiger charge is -2.55. The number of likely N-dealkylation sites (N-methyl/N-ethyl adjacent to an activating group) is 1. The molecule has 2 aromatic rings. The van der Waals surface area contributed by atoms with Gasteiger partial charge >= 0.3 is 0 Å². The van der Waals surface area contributed by atoms with E-state index in [2.05, 4.69) is 20.4 Å². The van der Waals surface area contributed by atoms with Crippen LogP contribution in [0.1, 0.15) is 38.4 Å². The Morgan fingerprint density at radius 2 is 2.17 bits per heavy atom. The number of fused-ring (bicyclic) bond motifs is 4. The Balaban J connectivity index is 1.36. The highest BCUT2D eigenvalue weighted by Gasteiger charge is 2.51. The predicted octanol–water partition coefficient (Wildman–Crippen LogP) is 2.01. The van der Waals surface area contributed by atoms with Crippen LogP contribution in [0.2, 0.25) is 0 Å². The third-order valence-corrected chi connectivity index (χ3v) is 6.84. The lowest BCUT2D eigenvalue weighted by molar-refractivity contribution is -0.160. The molecule has 4 atom stereocenters. The normalized spacial score (nSPS) is 29.0. The van der Waals surface area contributed by atoms with Gasteiger partial charge in [-0.1, -0.05) is 0 Å². The molecule has 30 heavy (non-hydrogen) atoms. The first-order chi connectivity index (χ1) is 14.6. The van der Waals surface area contributed by atoms with Crippen molar-refractivity contribution >= 4 is 11.8 Å². The lowest BCUT2D eigenvalue weighted by atomic mass is 9.71. The fourth-order valence-electron chi connectivity index (χ4n) is 5.72. The Hall–Kier alpha value is -2.61. The summed E-state index contributed by atoms with van der Waals surface area (Å²) in [4.78, 5) is 30.1. The highest BCUT2D eigenvalue weighted by atomic mass is 16.3. The first kappa shape index (κ1) is 19.4. The molecule has 3 aliphatic rings. The van der Waals surface area contributed by atoms with E-state index in [9.17, 15) is 9.59 Å². The molecule has 0 unspecified atom stereocenters. The number of likely N-dealkylation sites (tertiary alicyclic amines) is 1. The molecule has 0 radical (unpaired) electrons. The van der Waals surface area contributed by atoms with Gasteiger partial charge < -0.3 is 14.6 Å². The van der Waals surface area contributed by atoms with Gasteiger partial charge in [-0.15, -0.1) is 0 Å². The van der Waals surface area contributed by atoms with Crippen LogP contribution in [0.5, 0.6) is 0 Å². The number of nitrogens with zero attached hydrogens (tertiary/aromatic N) is 3. The minimum absolute atomic E-state index is 0.00239. The van der Waals surface area contributed by atoms with E-state index in [1.54, 1.807) is 6.20 Å². The summed E-state index contributed by atoms with van der Waals surface area (Å²) >= 11 is 0. The first-order valence-corrected chi connectivity index (χ1v) is 11.0. The Kier molecular flexibility index (Phi) is 5.10. The van der Waals surface area contributed by atoms with E-state index in [0.717, 1.165) is 49.6 Å². The molecule has 2 bridgehead atoms. The van der Waals surface area contributed by atoms with E-state index in [1.807, 2.05) is 30.0 Å². The average molecular weight is 412 g/mol. The summed E-state index contributed by atoms with van der Waals surface area (Å²) in [6.45, 7) is 4.97. The summed E-state index contributed by atoms with van der Waals surface area (Å²) in [6, 6.07) is 5.69. The molecule has 2 amide bonds. The van der Waals surface area contributed by atoms with Gasteiger partial charge in [-0.05, 0) is 50.3 Å². The van der Waals surface area contributed by atoms with Crippen LogP contribution < -0.4 is 5.32 Å². The van der Waals surface area contributed by atoms with Crippen molar-refractivity contribution in [2.45, 2.75) is 51.2 Å². The van der Waals surface area contributed by atoms with Crippen molar-refractivity contribution in [3.63, 3.8) is 0 Å². The average Bonchev–Trinajstić information content (AvgIpc) is 3.41. The highest BCUT2D eigenvalue weighted by molar-refractivity contribution is 5.89. The Morgan fingerprint density at radius 1 is 1.30 bits per heavy atom. The van der Waals surface area contributed by atoms with Crippen molar-refractivity contribution in [1.82, 2.24) is 25.3 Å². The van der Waals surface area contributed by atoms with E-state index >= 15 is 0 Å². The van der Waals surface area contributed by atoms with Crippen molar-refractivity contribution in [1.29, 1.82) is 0 Å². The zero-order valence-electron chi connectivity index (χ0n) is 17.3. The number of carbonyl (C=O) groups is 2. The molecule has 3 saturated heterocycles. The monoisotopic (exact) mass is 411 g/mol. The number of piperidine rings is 3. The fourth-order valence-corrected chi connectivity index (χ4v) is 5.72. The number of rotatable bonds is 5. The van der Waals surface area contributed by atoms with Crippen molar-refractivity contribution in [3.8, 4) is 11.5 Å². The van der Waals surface area contributed by atoms with E-state index in [-0.39, 0.29) is 29.8 Å². The second-order valence-corrected chi connectivity index (χ2v) is 8.79. The summed E-state index contributed by atoms with van der Waals surface area (Å²) in [5.41, 5.74) is 0.865. The van der Waals surface area contributed by atoms with Gasteiger partial charge in [-0.25, -0.2) is 0 Å². The molecule has 0 aliphatic carbocycles. The zero-order valence-corrected chi connectivity index (χ0v) is 17.3. The minimum atomic E-state index is -0.348. The standard InChI is InChI=1S/C22H29N5O3/c1-2-23-22(29)21-15-10-14(18-4-3-5-20(28)27(18)21)11-26(12-15)13-16-6-7-19(30-16)17-8-9-24-25-17/h6-9,14-15,18,21H,2-5,10-13H2,1H3,(H,23,29)(H,24,25)/t14-,15+,18-,21+/m0/s1. The van der Waals surface area contributed by atoms with Crippen LogP contribution in [0.25, 0.3) is 11.5 Å². The quantitative estimate of drug-likeness (QED) is 0.785. The van der Waals surface area contributed by atoms with Crippen LogP contribution in [0.15, 0.2) is 28.8 Å². The van der Waals surface area contributed by atoms with Crippen LogP contribution in [0.3, 0.4) is 0 Å². The largest absolute Gasteiger partial charge is 0.458 e. The number of amides is 2. The SMILES string of the molecule is CCNC(=O)[C@H]1[C@@H]2C[C@@H](CN(Cc3ccc(-c4ccn[nH]4)o3)C2)[C@@H]2CCCC(=O)N21. The topological polar surface area (TPSA) is 94.5 Å². The maximum Gasteiger partial charge on any atom is 0.243 e. The van der Waals surface area contributed by atoms with E-state index in [0.29, 0.717) is 25.4 Å². The Labute approximate surface area is 176 Å². The fraction of sp³-hybridized carbons (Fsp3) is 0.591. The van der Waals surface area contributed by atoms with Gasteiger partial charge in [0.15, 0.2) is 5.76 Å². The van der Waals surface area contributed by atoms with Crippen LogP contribution >= 0.6 is 0 Å². The van der Waals surface area contributed by atoms with E-state index in [4.69, 9.17) is 4.42 Å². The molecule has 8 nitrogen and oxygen atoms in total. The van der Waals surface area contributed by atoms with Crippen LogP contribution in [-0.2, 0) is 16.1 Å². The Morgan fingerprint density at radius 3 is 2.97 bits per heavy atom. The molecular formula is C22H29N5O3. The van der Waals surface area contributed by atoms with Gasteiger partial charge in [-0.2, -0.15) is 5.10 Å². The molecule has 0 spiro atoms. The van der Waals surface area contributed by atoms with Crippen LogP contribution in [-0.4, -0.2) is 63.5 Å². The van der Waals surface area contributed by atoms with Crippen molar-refractivity contribution < 1.29 is 14.0 Å². The highest BCUT2D eigenvalue weighted by Crippen LogP contribution is 2.42. The molecule has 0 saturated carbocycles. The second kappa shape index (κ2) is 7.91. The van der Waals surface area contributed by atoms with E-state index in [1.165, 1.54) is 0 Å². The maximum atomic E-state index is 12.9. The van der Waals surface area contributed by atoms with Gasteiger partial charge in [0, 0.05) is 44.2 Å². The second-order valence-electron chi connectivity index (χ2n) is 8.79. The van der Waals surface area contributed by atoms with Gasteiger partial charge in [0.25, 0.3) is 0 Å². The van der Waals surface area contributed by atoms with Crippen LogP contribution in [0.4, 0.5) is 0 Å². The third-order valence-electron chi connectivity index (χ3n) is 6.84. The summed E-state index contributed by atoms with van der Waals surface area (Å²) in [7, 11) is 0. The van der Waals surface area contributed by atoms with E-state index < -0.39 is 0 Å². The number of aromatic amines is 1. The first-order valence-electron chi connectivity index (χ1n) is 11.0. The minimum Gasteiger partial charge on any atom is -0.458 e. The lowest BCUT2D eigenvalue weighted by Crippen LogP contribution is -2.68. The summed E-state index contributed by atoms with van der Waals surface area (Å²) < 4.78 is 6.03. The molecule has 0 aromatic carbocycles. The zero-order chi connectivity index (χ0) is 20.7. The molecule has 2 aromatic heterocycles. The molecule has 5 rings (SSSR count). The summed E-state index contributed by atoms with van der Waals surface area (Å²) in [5.74, 6) is 2.43. The van der Waals surface area contributed by atoms with Gasteiger partial charge in [0.05, 0.1) is 6.54 Å². The number of hydrogen-bond acceptors (Lipinski definition) is 5. The van der Waals surface area contributed by atoms with Gasteiger partial charge in [-0.3, -0.25) is 19.6 Å². The molecule has 160 valence electrons. The molecule has 5 heterocycles. The van der Waals surface area contributed by atoms with Gasteiger partial charge in [0.1, 0.15) is 17.5 Å². The molecule has 8 heteroatoms. The summed E-state index contributed by atoms with van der Waals surface area (Å²) in [5, 5.41) is 9.89. The number of hydrogen-bond donors (Lipinski definition) is 2. The Bertz CT molecular complexity index is 908. The number of carbonyl (C=O) groups excluding carboxylic acids is 2. The maximum absolute atomic E-state index is 12.9. The van der Waals surface area contributed by atoms with Crippen molar-refractivity contribution in [3.05, 3.63) is 30.2 Å². The number of aromatic nitrogens is 2. The smallest absolute Gasteiger partial charge is 0.243 e. The molecule has 3 fully saturated rings. The third kappa shape index (κ3) is 3.43. The van der Waals surface area contributed by atoms with Crippen molar-refractivity contribution in [2.24, 2.45) is 11.8 Å². The molecule has 2 N–H and O–H groups in total. The van der Waals surface area contributed by atoms with Crippen LogP contribution in [0, 0.1) is 11.8 Å². The number of H-pyrrole nitrogens is 1.